The lowest BCUT2D eigenvalue weighted by atomic mass is 10.2. The van der Waals surface area contributed by atoms with Gasteiger partial charge in [-0.3, -0.25) is 0 Å². The third-order valence-corrected chi connectivity index (χ3v) is 3.91. The maximum Gasteiger partial charge on any atom is 0.150 e. The summed E-state index contributed by atoms with van der Waals surface area (Å²) >= 11 is 4.63. The van der Waals surface area contributed by atoms with Crippen molar-refractivity contribution in [2.45, 2.75) is 39.0 Å². The molecule has 0 radical (unpaired) electrons. The Morgan fingerprint density at radius 2 is 1.86 bits per heavy atom. The van der Waals surface area contributed by atoms with Crippen LogP contribution in [0, 0.1) is 0 Å². The molecule has 0 atom stereocenters. The Kier molecular flexibility index (Phi) is 7.09. The van der Waals surface area contributed by atoms with Gasteiger partial charge in [-0.05, 0) is 6.42 Å². The lowest BCUT2D eigenvalue weighted by Gasteiger charge is -2.02. The highest BCUT2D eigenvalue weighted by Crippen LogP contribution is 2.03. The fraction of sp³-hybridized carbons (Fsp3) is 0.889. The van der Waals surface area contributed by atoms with Gasteiger partial charge in [0.2, 0.25) is 0 Å². The first-order chi connectivity index (χ1) is 6.48. The highest BCUT2D eigenvalue weighted by molar-refractivity contribution is 7.91. The fourth-order valence-electron chi connectivity index (χ4n) is 1.11. The molecule has 0 spiro atoms. The largest absolute Gasteiger partial charge is 0.393 e. The molecule has 0 aliphatic rings. The molecule has 0 aliphatic carbocycles. The van der Waals surface area contributed by atoms with Crippen LogP contribution >= 0.6 is 12.2 Å². The minimum atomic E-state index is -2.92. The summed E-state index contributed by atoms with van der Waals surface area (Å²) in [6.07, 6.45) is 4.28. The van der Waals surface area contributed by atoms with Crippen molar-refractivity contribution in [2.75, 3.05) is 11.5 Å². The van der Waals surface area contributed by atoms with Gasteiger partial charge in [-0.15, -0.1) is 0 Å². The molecule has 0 aromatic carbocycles. The van der Waals surface area contributed by atoms with Gasteiger partial charge in [-0.1, -0.05) is 38.4 Å². The molecule has 2 N–H and O–H groups in total. The number of thiocarbonyl (C=S) groups is 1. The first kappa shape index (κ1) is 13.8. The Labute approximate surface area is 92.0 Å². The topological polar surface area (TPSA) is 60.2 Å². The molecule has 0 aromatic heterocycles. The Hall–Kier alpha value is -0.160. The fourth-order valence-corrected chi connectivity index (χ4v) is 2.72. The number of sulfone groups is 1. The molecular weight excluding hydrogens is 218 g/mol. The van der Waals surface area contributed by atoms with Crippen molar-refractivity contribution in [2.24, 2.45) is 5.73 Å². The second-order valence-corrected chi connectivity index (χ2v) is 6.26. The summed E-state index contributed by atoms with van der Waals surface area (Å²) in [5, 5.41) is 0. The smallest absolute Gasteiger partial charge is 0.150 e. The van der Waals surface area contributed by atoms with Gasteiger partial charge in [0.05, 0.1) is 16.5 Å². The normalized spacial score (nSPS) is 11.5. The molecular formula is C9H19NO2S2. The molecule has 0 saturated heterocycles. The van der Waals surface area contributed by atoms with Crippen molar-refractivity contribution in [1.82, 2.24) is 0 Å². The van der Waals surface area contributed by atoms with Crippen molar-refractivity contribution >= 4 is 27.0 Å². The highest BCUT2D eigenvalue weighted by atomic mass is 32.2. The van der Waals surface area contributed by atoms with Gasteiger partial charge in [0.15, 0.2) is 9.84 Å². The number of hydrogen-bond donors (Lipinski definition) is 1. The van der Waals surface area contributed by atoms with Crippen molar-refractivity contribution in [3.63, 3.8) is 0 Å². The van der Waals surface area contributed by atoms with Crippen molar-refractivity contribution in [3.05, 3.63) is 0 Å². The number of hydrogen-bond acceptors (Lipinski definition) is 3. The lowest BCUT2D eigenvalue weighted by molar-refractivity contribution is 0.589. The molecule has 0 rings (SSSR count). The van der Waals surface area contributed by atoms with Crippen LogP contribution in [0.15, 0.2) is 0 Å². The van der Waals surface area contributed by atoms with Gasteiger partial charge in [0.1, 0.15) is 0 Å². The minimum absolute atomic E-state index is 0.106. The van der Waals surface area contributed by atoms with Crippen LogP contribution in [-0.2, 0) is 9.84 Å². The first-order valence-corrected chi connectivity index (χ1v) is 7.19. The molecule has 0 fully saturated rings. The Balaban J connectivity index is 3.67. The summed E-state index contributed by atoms with van der Waals surface area (Å²) < 4.78 is 22.8. The van der Waals surface area contributed by atoms with Crippen molar-refractivity contribution < 1.29 is 8.42 Å². The van der Waals surface area contributed by atoms with Crippen LogP contribution in [0.2, 0.25) is 0 Å². The third-order valence-electron chi connectivity index (χ3n) is 1.97. The van der Waals surface area contributed by atoms with Crippen LogP contribution < -0.4 is 5.73 Å². The zero-order valence-corrected chi connectivity index (χ0v) is 10.3. The average Bonchev–Trinajstić information content (AvgIpc) is 2.10. The van der Waals surface area contributed by atoms with E-state index in [1.165, 1.54) is 0 Å². The van der Waals surface area contributed by atoms with E-state index in [-0.39, 0.29) is 16.5 Å². The van der Waals surface area contributed by atoms with E-state index in [2.05, 4.69) is 19.1 Å². The molecule has 14 heavy (non-hydrogen) atoms. The van der Waals surface area contributed by atoms with Gasteiger partial charge < -0.3 is 5.73 Å². The zero-order chi connectivity index (χ0) is 11.0. The zero-order valence-electron chi connectivity index (χ0n) is 8.66. The van der Waals surface area contributed by atoms with Crippen LogP contribution in [0.4, 0.5) is 0 Å². The van der Waals surface area contributed by atoms with Gasteiger partial charge in [0.25, 0.3) is 0 Å². The molecule has 0 aliphatic heterocycles. The van der Waals surface area contributed by atoms with E-state index < -0.39 is 9.84 Å². The van der Waals surface area contributed by atoms with Crippen molar-refractivity contribution in [3.8, 4) is 0 Å². The van der Waals surface area contributed by atoms with Crippen LogP contribution in [0.5, 0.6) is 0 Å². The molecule has 0 bridgehead atoms. The Bertz CT molecular complexity index is 260. The standard InChI is InChI=1S/C9H19NO2S2/c1-2-3-4-5-7-14(11,12)8-6-9(10)13/h2-8H2,1H3,(H2,10,13). The van der Waals surface area contributed by atoms with Crippen molar-refractivity contribution in [1.29, 1.82) is 0 Å². The molecule has 3 nitrogen and oxygen atoms in total. The predicted octanol–water partition coefficient (Wildman–Crippen LogP) is 1.66. The van der Waals surface area contributed by atoms with Gasteiger partial charge >= 0.3 is 0 Å². The number of nitrogens with two attached hydrogens (primary N) is 1. The number of rotatable bonds is 8. The monoisotopic (exact) mass is 237 g/mol. The molecule has 0 saturated carbocycles. The highest BCUT2D eigenvalue weighted by Gasteiger charge is 2.10. The van der Waals surface area contributed by atoms with Crippen LogP contribution in [-0.4, -0.2) is 24.9 Å². The molecule has 84 valence electrons. The molecule has 5 heteroatoms. The molecule has 0 unspecified atom stereocenters. The Morgan fingerprint density at radius 3 is 2.36 bits per heavy atom. The lowest BCUT2D eigenvalue weighted by Crippen LogP contribution is -2.17. The first-order valence-electron chi connectivity index (χ1n) is 4.96. The van der Waals surface area contributed by atoms with Gasteiger partial charge in [0, 0.05) is 6.42 Å². The number of unbranched alkanes of at least 4 members (excludes halogenated alkanes) is 3. The SMILES string of the molecule is CCCCCCS(=O)(=O)CCC(N)=S. The van der Waals surface area contributed by atoms with E-state index in [1.807, 2.05) is 0 Å². The summed E-state index contributed by atoms with van der Waals surface area (Å²) in [7, 11) is -2.92. The van der Waals surface area contributed by atoms with Crippen LogP contribution in [0.3, 0.4) is 0 Å². The van der Waals surface area contributed by atoms with E-state index in [0.717, 1.165) is 25.7 Å². The predicted molar refractivity (Wildman–Crippen MR) is 64.2 cm³/mol. The van der Waals surface area contributed by atoms with Crippen LogP contribution in [0.1, 0.15) is 39.0 Å². The second kappa shape index (κ2) is 7.17. The van der Waals surface area contributed by atoms with Gasteiger partial charge in [-0.25, -0.2) is 8.42 Å². The van der Waals surface area contributed by atoms with E-state index in [4.69, 9.17) is 5.73 Å². The summed E-state index contributed by atoms with van der Waals surface area (Å²) in [5.74, 6) is 0.379. The summed E-state index contributed by atoms with van der Waals surface area (Å²) in [4.78, 5) is 0.280. The average molecular weight is 237 g/mol. The summed E-state index contributed by atoms with van der Waals surface area (Å²) in [6, 6.07) is 0. The molecule has 0 amide bonds. The minimum Gasteiger partial charge on any atom is -0.393 e. The van der Waals surface area contributed by atoms with Crippen LogP contribution in [0.25, 0.3) is 0 Å². The second-order valence-electron chi connectivity index (χ2n) is 3.43. The summed E-state index contributed by atoms with van der Waals surface area (Å²) in [6.45, 7) is 2.10. The molecule has 0 aromatic rings. The maximum absolute atomic E-state index is 11.4. The quantitative estimate of drug-likeness (QED) is 0.515. The van der Waals surface area contributed by atoms with E-state index in [0.29, 0.717) is 6.42 Å². The summed E-state index contributed by atoms with van der Waals surface area (Å²) in [5.41, 5.74) is 5.24. The third kappa shape index (κ3) is 8.44. The maximum atomic E-state index is 11.4. The van der Waals surface area contributed by atoms with E-state index in [1.54, 1.807) is 0 Å². The molecule has 0 heterocycles. The van der Waals surface area contributed by atoms with E-state index in [9.17, 15) is 8.42 Å². The van der Waals surface area contributed by atoms with E-state index >= 15 is 0 Å². The Morgan fingerprint density at radius 1 is 1.21 bits per heavy atom. The van der Waals surface area contributed by atoms with Gasteiger partial charge in [-0.2, -0.15) is 0 Å².